The van der Waals surface area contributed by atoms with Gasteiger partial charge < -0.3 is 15.9 Å². The number of halogens is 1. The van der Waals surface area contributed by atoms with E-state index in [4.69, 9.17) is 15.9 Å². The minimum Gasteiger partial charge on any atom is -0.481 e. The monoisotopic (exact) mass is 203 g/mol. The first-order valence-electron chi connectivity index (χ1n) is 4.28. The Morgan fingerprint density at radius 1 is 1.43 bits per heavy atom. The fourth-order valence-corrected chi connectivity index (χ4v) is 2.59. The van der Waals surface area contributed by atoms with E-state index < -0.39 is 41.4 Å². The highest BCUT2D eigenvalue weighted by Crippen LogP contribution is 2.62. The molecule has 0 heterocycles. The summed E-state index contributed by atoms with van der Waals surface area (Å²) in [5.41, 5.74) is 3.82. The number of fused-ring (bicyclic) bond motifs is 1. The SMILES string of the molecule is N[C@]1(C(=O)O)C[C@H](F)C2[C@@H](C(=O)O)[C@H]21. The number of aliphatic carboxylic acids is 2. The lowest BCUT2D eigenvalue weighted by Gasteiger charge is -2.21. The van der Waals surface area contributed by atoms with Crippen molar-refractivity contribution in [3.63, 3.8) is 0 Å². The molecule has 5 nitrogen and oxygen atoms in total. The van der Waals surface area contributed by atoms with Gasteiger partial charge in [-0.15, -0.1) is 0 Å². The Morgan fingerprint density at radius 3 is 2.36 bits per heavy atom. The first-order chi connectivity index (χ1) is 6.39. The maximum Gasteiger partial charge on any atom is 0.324 e. The second kappa shape index (κ2) is 2.44. The van der Waals surface area contributed by atoms with Crippen LogP contribution in [0.15, 0.2) is 0 Å². The normalized spacial score (nSPS) is 49.9. The van der Waals surface area contributed by atoms with Crippen molar-refractivity contribution in [1.29, 1.82) is 0 Å². The molecule has 14 heavy (non-hydrogen) atoms. The molecule has 1 unspecified atom stereocenters. The highest BCUT2D eigenvalue weighted by atomic mass is 19.1. The van der Waals surface area contributed by atoms with Crippen LogP contribution in [0, 0.1) is 17.8 Å². The largest absolute Gasteiger partial charge is 0.481 e. The summed E-state index contributed by atoms with van der Waals surface area (Å²) >= 11 is 0. The molecule has 2 rings (SSSR count). The van der Waals surface area contributed by atoms with Gasteiger partial charge in [-0.3, -0.25) is 9.59 Å². The summed E-state index contributed by atoms with van der Waals surface area (Å²) in [6.07, 6.45) is -1.68. The Kier molecular flexibility index (Phi) is 1.64. The van der Waals surface area contributed by atoms with Crippen LogP contribution >= 0.6 is 0 Å². The molecule has 0 aromatic carbocycles. The van der Waals surface area contributed by atoms with Gasteiger partial charge in [-0.2, -0.15) is 0 Å². The summed E-state index contributed by atoms with van der Waals surface area (Å²) in [6, 6.07) is 0. The van der Waals surface area contributed by atoms with E-state index in [0.717, 1.165) is 0 Å². The Balaban J connectivity index is 2.26. The van der Waals surface area contributed by atoms with E-state index in [-0.39, 0.29) is 6.42 Å². The molecule has 0 aromatic heterocycles. The van der Waals surface area contributed by atoms with E-state index in [2.05, 4.69) is 0 Å². The van der Waals surface area contributed by atoms with Crippen molar-refractivity contribution in [3.8, 4) is 0 Å². The summed E-state index contributed by atoms with van der Waals surface area (Å²) in [5.74, 6) is -4.82. The Morgan fingerprint density at radius 2 is 2.00 bits per heavy atom. The van der Waals surface area contributed by atoms with E-state index in [1.165, 1.54) is 0 Å². The molecule has 2 saturated carbocycles. The van der Waals surface area contributed by atoms with Crippen molar-refractivity contribution in [2.45, 2.75) is 18.1 Å². The highest BCUT2D eigenvalue weighted by Gasteiger charge is 2.74. The van der Waals surface area contributed by atoms with E-state index in [9.17, 15) is 14.0 Å². The average Bonchev–Trinajstić information content (AvgIpc) is 2.72. The van der Waals surface area contributed by atoms with Crippen LogP contribution in [0.3, 0.4) is 0 Å². The second-order valence-electron chi connectivity index (χ2n) is 4.03. The summed E-state index contributed by atoms with van der Waals surface area (Å²) in [7, 11) is 0. The molecule has 0 radical (unpaired) electrons. The zero-order valence-electron chi connectivity index (χ0n) is 7.18. The lowest BCUT2D eigenvalue weighted by Crippen LogP contribution is -2.50. The smallest absolute Gasteiger partial charge is 0.324 e. The van der Waals surface area contributed by atoms with Gasteiger partial charge in [0.05, 0.1) is 5.92 Å². The minimum atomic E-state index is -1.69. The van der Waals surface area contributed by atoms with Crippen molar-refractivity contribution in [3.05, 3.63) is 0 Å². The van der Waals surface area contributed by atoms with Crippen LogP contribution in [0.2, 0.25) is 0 Å². The molecule has 0 bridgehead atoms. The van der Waals surface area contributed by atoms with E-state index >= 15 is 0 Å². The van der Waals surface area contributed by atoms with Crippen LogP contribution in [-0.2, 0) is 9.59 Å². The standard InChI is InChI=1S/C8H10FNO4/c9-2-1-8(10,7(13)14)5-3(2)4(5)6(11)12/h2-5H,1,10H2,(H,11,12)(H,13,14)/t2-,3?,4+,5-,8+/m0/s1. The van der Waals surface area contributed by atoms with Crippen molar-refractivity contribution in [1.82, 2.24) is 0 Å². The molecule has 6 heteroatoms. The van der Waals surface area contributed by atoms with Gasteiger partial charge in [0.15, 0.2) is 0 Å². The number of carbonyl (C=O) groups is 2. The van der Waals surface area contributed by atoms with Gasteiger partial charge in [0.25, 0.3) is 0 Å². The second-order valence-corrected chi connectivity index (χ2v) is 4.03. The molecule has 78 valence electrons. The Bertz CT molecular complexity index is 320. The molecule has 0 aromatic rings. The molecule has 0 aliphatic heterocycles. The molecule has 2 aliphatic rings. The number of rotatable bonds is 2. The lowest BCUT2D eigenvalue weighted by atomic mass is 9.91. The average molecular weight is 203 g/mol. The maximum absolute atomic E-state index is 13.2. The third kappa shape index (κ3) is 0.914. The van der Waals surface area contributed by atoms with Gasteiger partial charge in [-0.05, 0) is 0 Å². The summed E-state index contributed by atoms with van der Waals surface area (Å²) in [5, 5.41) is 17.5. The highest BCUT2D eigenvalue weighted by molar-refractivity contribution is 5.85. The number of carboxylic acids is 2. The van der Waals surface area contributed by atoms with E-state index in [1.54, 1.807) is 0 Å². The summed E-state index contributed by atoms with van der Waals surface area (Å²) in [6.45, 7) is 0. The summed E-state index contributed by atoms with van der Waals surface area (Å²) < 4.78 is 13.2. The van der Waals surface area contributed by atoms with Crippen LogP contribution < -0.4 is 5.73 Å². The molecule has 2 aliphatic carbocycles. The van der Waals surface area contributed by atoms with Gasteiger partial charge >= 0.3 is 11.9 Å². The molecule has 0 amide bonds. The first-order valence-corrected chi connectivity index (χ1v) is 4.28. The van der Waals surface area contributed by atoms with Crippen LogP contribution in [0.1, 0.15) is 6.42 Å². The van der Waals surface area contributed by atoms with Gasteiger partial charge in [0, 0.05) is 18.3 Å². The van der Waals surface area contributed by atoms with E-state index in [0.29, 0.717) is 0 Å². The molecule has 0 spiro atoms. The predicted octanol–water partition coefficient (Wildman–Crippen LogP) is -0.543. The van der Waals surface area contributed by atoms with Crippen molar-refractivity contribution < 1.29 is 24.2 Å². The van der Waals surface area contributed by atoms with Crippen LogP contribution in [0.25, 0.3) is 0 Å². The van der Waals surface area contributed by atoms with Gasteiger partial charge in [0.2, 0.25) is 0 Å². The van der Waals surface area contributed by atoms with Gasteiger partial charge in [-0.25, -0.2) is 4.39 Å². The van der Waals surface area contributed by atoms with Crippen LogP contribution in [-0.4, -0.2) is 33.9 Å². The molecular formula is C8H10FNO4. The molecule has 5 atom stereocenters. The maximum atomic E-state index is 13.2. The molecule has 2 fully saturated rings. The van der Waals surface area contributed by atoms with Crippen LogP contribution in [0.5, 0.6) is 0 Å². The predicted molar refractivity (Wildman–Crippen MR) is 42.2 cm³/mol. The van der Waals surface area contributed by atoms with Crippen LogP contribution in [0.4, 0.5) is 4.39 Å². The van der Waals surface area contributed by atoms with Gasteiger partial charge in [-0.1, -0.05) is 0 Å². The van der Waals surface area contributed by atoms with Crippen molar-refractivity contribution >= 4 is 11.9 Å². The minimum absolute atomic E-state index is 0.276. The quantitative estimate of drug-likeness (QED) is 0.559. The fraction of sp³-hybridized carbons (Fsp3) is 0.750. The molecule has 4 N–H and O–H groups in total. The Hall–Kier alpha value is -1.17. The third-order valence-electron chi connectivity index (χ3n) is 3.30. The first kappa shape index (κ1) is 9.39. The topological polar surface area (TPSA) is 101 Å². The lowest BCUT2D eigenvalue weighted by molar-refractivity contribution is -0.145. The zero-order valence-corrected chi connectivity index (χ0v) is 7.18. The number of hydrogen-bond donors (Lipinski definition) is 3. The number of hydrogen-bond acceptors (Lipinski definition) is 3. The van der Waals surface area contributed by atoms with Crippen molar-refractivity contribution in [2.75, 3.05) is 0 Å². The number of alkyl halides is 1. The Labute approximate surface area is 78.7 Å². The molecular weight excluding hydrogens is 193 g/mol. The number of carboxylic acid groups (broad SMARTS) is 2. The zero-order chi connectivity index (χ0) is 10.7. The van der Waals surface area contributed by atoms with Crippen molar-refractivity contribution in [2.24, 2.45) is 23.5 Å². The number of nitrogens with two attached hydrogens (primary N) is 1. The van der Waals surface area contributed by atoms with E-state index in [1.807, 2.05) is 0 Å². The fourth-order valence-electron chi connectivity index (χ4n) is 2.59. The third-order valence-corrected chi connectivity index (χ3v) is 3.30. The molecule has 0 saturated heterocycles. The van der Waals surface area contributed by atoms with Gasteiger partial charge in [0.1, 0.15) is 11.7 Å². The summed E-state index contributed by atoms with van der Waals surface area (Å²) in [4.78, 5) is 21.4.